The third-order valence-corrected chi connectivity index (χ3v) is 5.01. The average Bonchev–Trinajstić information content (AvgIpc) is 2.94. The molecular weight excluding hydrogens is 383 g/mol. The van der Waals surface area contributed by atoms with E-state index in [1.807, 2.05) is 0 Å². The second-order valence-corrected chi connectivity index (χ2v) is 7.25. The highest BCUT2D eigenvalue weighted by atomic mass is 32.2. The molecule has 2 aromatic rings. The molecule has 0 spiro atoms. The van der Waals surface area contributed by atoms with E-state index in [-0.39, 0.29) is 23.2 Å². The molecule has 1 aliphatic heterocycles. The maximum absolute atomic E-state index is 13.1. The van der Waals surface area contributed by atoms with E-state index in [0.717, 1.165) is 22.2 Å². The molecule has 144 valence electrons. The molecule has 0 saturated carbocycles. The van der Waals surface area contributed by atoms with Crippen molar-refractivity contribution in [2.24, 2.45) is 15.9 Å². The Labute approximate surface area is 164 Å². The fourth-order valence-electron chi connectivity index (χ4n) is 2.61. The maximum atomic E-state index is 13.1. The summed E-state index contributed by atoms with van der Waals surface area (Å²) < 4.78 is 13.1. The number of amides is 2. The molecule has 28 heavy (non-hydrogen) atoms. The van der Waals surface area contributed by atoms with Crippen molar-refractivity contribution in [2.45, 2.75) is 18.6 Å². The Morgan fingerprint density at radius 1 is 1.14 bits per heavy atom. The van der Waals surface area contributed by atoms with E-state index in [9.17, 15) is 19.1 Å². The molecule has 0 aliphatic carbocycles. The fourth-order valence-corrected chi connectivity index (χ4v) is 3.42. The lowest BCUT2D eigenvalue weighted by Gasteiger charge is -2.14. The highest BCUT2D eigenvalue weighted by Crippen LogP contribution is 2.29. The lowest BCUT2D eigenvalue weighted by molar-refractivity contribution is -0.121. The second kappa shape index (κ2) is 8.22. The van der Waals surface area contributed by atoms with Gasteiger partial charge in [0.2, 0.25) is 11.8 Å². The van der Waals surface area contributed by atoms with Crippen LogP contribution in [0.3, 0.4) is 0 Å². The summed E-state index contributed by atoms with van der Waals surface area (Å²) in [5.74, 6) is -1.12. The number of amidine groups is 1. The number of anilines is 1. The SMILES string of the molecule is CC(=NN=C(N)SC1CC(=O)N(c2ccc(F)cc2)C1=O)c1ccc(O)cc1. The Kier molecular flexibility index (Phi) is 5.74. The number of phenolic OH excluding ortho intramolecular Hbond substituents is 1. The van der Waals surface area contributed by atoms with Gasteiger partial charge in [0.25, 0.3) is 0 Å². The Balaban J connectivity index is 1.69. The molecule has 0 bridgehead atoms. The molecule has 3 rings (SSSR count). The molecule has 3 N–H and O–H groups in total. The number of imide groups is 1. The Bertz CT molecular complexity index is 958. The highest BCUT2D eigenvalue weighted by molar-refractivity contribution is 8.14. The molecule has 2 aromatic carbocycles. The standard InChI is InChI=1S/C19H17FN4O3S/c1-11(12-2-8-15(25)9-3-12)22-23-19(21)28-16-10-17(26)24(18(16)27)14-6-4-13(20)5-7-14/h2-9,16,25H,10H2,1H3,(H2,21,23). The second-order valence-electron chi connectivity index (χ2n) is 6.02. The monoisotopic (exact) mass is 400 g/mol. The van der Waals surface area contributed by atoms with E-state index in [1.54, 1.807) is 19.1 Å². The van der Waals surface area contributed by atoms with Crippen molar-refractivity contribution in [1.29, 1.82) is 0 Å². The number of nitrogens with zero attached hydrogens (tertiary/aromatic N) is 3. The van der Waals surface area contributed by atoms with Crippen LogP contribution in [0.15, 0.2) is 58.7 Å². The van der Waals surface area contributed by atoms with Gasteiger partial charge in [-0.25, -0.2) is 9.29 Å². The number of carbonyl (C=O) groups excluding carboxylic acids is 2. The van der Waals surface area contributed by atoms with Crippen molar-refractivity contribution in [3.05, 3.63) is 59.9 Å². The number of hydrogen-bond donors (Lipinski definition) is 2. The zero-order valence-electron chi connectivity index (χ0n) is 14.9. The van der Waals surface area contributed by atoms with Crippen LogP contribution in [0.4, 0.5) is 10.1 Å². The number of benzene rings is 2. The first-order chi connectivity index (χ1) is 13.3. The summed E-state index contributed by atoms with van der Waals surface area (Å²) in [6.45, 7) is 1.73. The Morgan fingerprint density at radius 2 is 1.79 bits per heavy atom. The summed E-state index contributed by atoms with van der Waals surface area (Å²) in [6.07, 6.45) is -0.0300. The number of hydrogen-bond acceptors (Lipinski definition) is 6. The smallest absolute Gasteiger partial charge is 0.247 e. The number of aromatic hydroxyl groups is 1. The van der Waals surface area contributed by atoms with Crippen molar-refractivity contribution in [2.75, 3.05) is 4.90 Å². The van der Waals surface area contributed by atoms with E-state index in [2.05, 4.69) is 10.2 Å². The predicted octanol–water partition coefficient (Wildman–Crippen LogP) is 2.64. The summed E-state index contributed by atoms with van der Waals surface area (Å²) in [4.78, 5) is 25.8. The van der Waals surface area contributed by atoms with Gasteiger partial charge in [0.15, 0.2) is 5.17 Å². The third-order valence-electron chi connectivity index (χ3n) is 4.04. The molecule has 1 heterocycles. The van der Waals surface area contributed by atoms with Crippen LogP contribution in [0.2, 0.25) is 0 Å². The molecule has 1 unspecified atom stereocenters. The molecule has 1 saturated heterocycles. The van der Waals surface area contributed by atoms with Gasteiger partial charge in [0.05, 0.1) is 11.4 Å². The minimum absolute atomic E-state index is 0.0300. The molecule has 1 aliphatic rings. The number of nitrogens with two attached hydrogens (primary N) is 1. The first kappa shape index (κ1) is 19.6. The lowest BCUT2D eigenvalue weighted by atomic mass is 10.1. The predicted molar refractivity (Wildman–Crippen MR) is 107 cm³/mol. The van der Waals surface area contributed by atoms with Crippen molar-refractivity contribution >= 4 is 40.1 Å². The number of carbonyl (C=O) groups is 2. The summed E-state index contributed by atoms with van der Waals surface area (Å²) in [7, 11) is 0. The van der Waals surface area contributed by atoms with Gasteiger partial charge in [-0.3, -0.25) is 9.59 Å². The third kappa shape index (κ3) is 4.37. The molecular formula is C19H17FN4O3S. The van der Waals surface area contributed by atoms with Gasteiger partial charge < -0.3 is 10.8 Å². The van der Waals surface area contributed by atoms with Crippen molar-refractivity contribution < 1.29 is 19.1 Å². The van der Waals surface area contributed by atoms with E-state index in [4.69, 9.17) is 5.73 Å². The van der Waals surface area contributed by atoms with Crippen LogP contribution in [0, 0.1) is 5.82 Å². The summed E-state index contributed by atoms with van der Waals surface area (Å²) in [6, 6.07) is 11.6. The van der Waals surface area contributed by atoms with Crippen molar-refractivity contribution in [1.82, 2.24) is 0 Å². The van der Waals surface area contributed by atoms with Gasteiger partial charge in [0, 0.05) is 6.42 Å². The highest BCUT2D eigenvalue weighted by Gasteiger charge is 2.40. The van der Waals surface area contributed by atoms with Gasteiger partial charge in [-0.1, -0.05) is 11.8 Å². The molecule has 0 radical (unpaired) electrons. The largest absolute Gasteiger partial charge is 0.508 e. The minimum Gasteiger partial charge on any atom is -0.508 e. The average molecular weight is 400 g/mol. The van der Waals surface area contributed by atoms with Crippen LogP contribution < -0.4 is 10.6 Å². The minimum atomic E-state index is -0.717. The maximum Gasteiger partial charge on any atom is 0.247 e. The normalized spacial score (nSPS) is 18.1. The molecule has 1 atom stereocenters. The Hall–Kier alpha value is -3.20. The number of halogens is 1. The van der Waals surface area contributed by atoms with Crippen molar-refractivity contribution in [3.63, 3.8) is 0 Å². The van der Waals surface area contributed by atoms with Crippen LogP contribution in [-0.4, -0.2) is 33.1 Å². The molecule has 1 fully saturated rings. The number of phenols is 1. The number of rotatable bonds is 4. The van der Waals surface area contributed by atoms with Gasteiger partial charge in [0.1, 0.15) is 16.8 Å². The van der Waals surface area contributed by atoms with E-state index < -0.39 is 17.0 Å². The molecule has 2 amide bonds. The summed E-state index contributed by atoms with van der Waals surface area (Å²) in [5, 5.41) is 16.6. The van der Waals surface area contributed by atoms with Gasteiger partial charge >= 0.3 is 0 Å². The number of thioether (sulfide) groups is 1. The topological polar surface area (TPSA) is 108 Å². The van der Waals surface area contributed by atoms with Crippen LogP contribution in [0.1, 0.15) is 18.9 Å². The van der Waals surface area contributed by atoms with E-state index in [0.29, 0.717) is 11.4 Å². The quantitative estimate of drug-likeness (QED) is 0.355. The summed E-state index contributed by atoms with van der Waals surface area (Å²) >= 11 is 0.955. The zero-order valence-corrected chi connectivity index (χ0v) is 15.7. The fraction of sp³-hybridized carbons (Fsp3) is 0.158. The van der Waals surface area contributed by atoms with E-state index in [1.165, 1.54) is 36.4 Å². The van der Waals surface area contributed by atoms with Crippen LogP contribution in [-0.2, 0) is 9.59 Å². The molecule has 0 aromatic heterocycles. The van der Waals surface area contributed by atoms with Gasteiger partial charge in [-0.15, -0.1) is 5.10 Å². The van der Waals surface area contributed by atoms with E-state index >= 15 is 0 Å². The Morgan fingerprint density at radius 3 is 2.43 bits per heavy atom. The van der Waals surface area contributed by atoms with Gasteiger partial charge in [-0.05, 0) is 61.0 Å². The lowest BCUT2D eigenvalue weighted by Crippen LogP contribution is -2.31. The first-order valence-corrected chi connectivity index (χ1v) is 9.19. The van der Waals surface area contributed by atoms with Crippen LogP contribution >= 0.6 is 11.8 Å². The summed E-state index contributed by atoms with van der Waals surface area (Å²) in [5.41, 5.74) is 7.50. The first-order valence-electron chi connectivity index (χ1n) is 8.31. The zero-order chi connectivity index (χ0) is 20.3. The van der Waals surface area contributed by atoms with Crippen LogP contribution in [0.25, 0.3) is 0 Å². The van der Waals surface area contributed by atoms with Gasteiger partial charge in [-0.2, -0.15) is 5.10 Å². The van der Waals surface area contributed by atoms with Crippen LogP contribution in [0.5, 0.6) is 5.75 Å². The molecule has 7 nitrogen and oxygen atoms in total. The van der Waals surface area contributed by atoms with Crippen molar-refractivity contribution in [3.8, 4) is 5.75 Å². The molecule has 9 heteroatoms.